The molecule has 3 aromatic heterocycles. The maximum Gasteiger partial charge on any atom is 0.0980 e. The number of hydrogen-bond donors (Lipinski definition) is 0. The van der Waals surface area contributed by atoms with E-state index >= 15 is 0 Å². The van der Waals surface area contributed by atoms with Crippen LogP contribution in [0.1, 0.15) is 52.9 Å². The number of pyridine rings is 3. The molecule has 134 valence electrons. The molecule has 0 amide bonds. The molecule has 0 fully saturated rings. The van der Waals surface area contributed by atoms with Crippen molar-refractivity contribution in [1.82, 2.24) is 15.0 Å². The minimum Gasteiger partial charge on any atom is -0.254 e. The van der Waals surface area contributed by atoms with Crippen LogP contribution in [0.25, 0.3) is 22.6 Å². The molecule has 0 saturated heterocycles. The summed E-state index contributed by atoms with van der Waals surface area (Å²) in [5.74, 6) is 0. The van der Waals surface area contributed by atoms with Gasteiger partial charge in [0.25, 0.3) is 0 Å². The molecule has 0 spiro atoms. The summed E-state index contributed by atoms with van der Waals surface area (Å²) in [6, 6.07) is 16.4. The van der Waals surface area contributed by atoms with Crippen LogP contribution < -0.4 is 0 Å². The molecule has 0 radical (unpaired) electrons. The van der Waals surface area contributed by atoms with Crippen molar-refractivity contribution < 1.29 is 0 Å². The van der Waals surface area contributed by atoms with Crippen molar-refractivity contribution in [3.8, 4) is 22.6 Å². The molecule has 0 aliphatic rings. The third kappa shape index (κ3) is 3.82. The van der Waals surface area contributed by atoms with Crippen LogP contribution in [0, 0.1) is 0 Å². The minimum absolute atomic E-state index is 0.00276. The smallest absolute Gasteiger partial charge is 0.0980 e. The van der Waals surface area contributed by atoms with Gasteiger partial charge in [-0.2, -0.15) is 0 Å². The van der Waals surface area contributed by atoms with E-state index in [-0.39, 0.29) is 10.8 Å². The second kappa shape index (κ2) is 6.64. The second-order valence-electron chi connectivity index (χ2n) is 8.72. The fourth-order valence-corrected chi connectivity index (χ4v) is 2.80. The fraction of sp³-hybridized carbons (Fsp3) is 0.348. The van der Waals surface area contributed by atoms with Gasteiger partial charge in [0.2, 0.25) is 0 Å². The molecule has 0 aliphatic heterocycles. The van der Waals surface area contributed by atoms with Crippen LogP contribution in [0.2, 0.25) is 0 Å². The van der Waals surface area contributed by atoms with Gasteiger partial charge >= 0.3 is 0 Å². The first kappa shape index (κ1) is 18.2. The van der Waals surface area contributed by atoms with E-state index in [2.05, 4.69) is 76.9 Å². The van der Waals surface area contributed by atoms with E-state index < -0.39 is 0 Å². The van der Waals surface area contributed by atoms with E-state index in [0.717, 1.165) is 34.0 Å². The van der Waals surface area contributed by atoms with Gasteiger partial charge in [-0.05, 0) is 36.4 Å². The summed E-state index contributed by atoms with van der Waals surface area (Å²) in [7, 11) is 0. The maximum absolute atomic E-state index is 4.90. The molecule has 0 bridgehead atoms. The van der Waals surface area contributed by atoms with Crippen molar-refractivity contribution in [2.75, 3.05) is 0 Å². The standard InChI is InChI=1S/C23H27N3/c1-22(2,3)19-13-7-11-17(25-19)16-10-9-15-24-21(16)18-12-8-14-20(26-18)23(4,5)6/h7-15H,1-6H3. The molecular formula is C23H27N3. The van der Waals surface area contributed by atoms with Crippen molar-refractivity contribution in [3.05, 3.63) is 66.1 Å². The predicted molar refractivity (Wildman–Crippen MR) is 108 cm³/mol. The zero-order chi connectivity index (χ0) is 18.9. The van der Waals surface area contributed by atoms with E-state index in [1.807, 2.05) is 24.4 Å². The third-order valence-electron chi connectivity index (χ3n) is 4.36. The molecule has 3 rings (SSSR count). The Kier molecular flexibility index (Phi) is 4.66. The summed E-state index contributed by atoms with van der Waals surface area (Å²) in [4.78, 5) is 14.4. The Bertz CT molecular complexity index is 838. The van der Waals surface area contributed by atoms with Gasteiger partial charge in [0.05, 0.1) is 17.1 Å². The van der Waals surface area contributed by atoms with Crippen LogP contribution in [-0.2, 0) is 10.8 Å². The first-order valence-electron chi connectivity index (χ1n) is 9.07. The van der Waals surface area contributed by atoms with Gasteiger partial charge in [-0.25, -0.2) is 0 Å². The van der Waals surface area contributed by atoms with Gasteiger partial charge < -0.3 is 0 Å². The van der Waals surface area contributed by atoms with Crippen molar-refractivity contribution in [1.29, 1.82) is 0 Å². The lowest BCUT2D eigenvalue weighted by atomic mass is 9.91. The molecule has 0 aliphatic carbocycles. The average Bonchev–Trinajstić information content (AvgIpc) is 2.60. The maximum atomic E-state index is 4.90. The van der Waals surface area contributed by atoms with Gasteiger partial charge in [-0.15, -0.1) is 0 Å². The molecule has 0 N–H and O–H groups in total. The van der Waals surface area contributed by atoms with Crippen LogP contribution in [0.5, 0.6) is 0 Å². The molecule has 0 saturated carbocycles. The summed E-state index contributed by atoms with van der Waals surface area (Å²) in [6.07, 6.45) is 1.82. The summed E-state index contributed by atoms with van der Waals surface area (Å²) in [5, 5.41) is 0. The van der Waals surface area contributed by atoms with Crippen molar-refractivity contribution in [2.45, 2.75) is 52.4 Å². The van der Waals surface area contributed by atoms with Gasteiger partial charge in [-0.3, -0.25) is 15.0 Å². The van der Waals surface area contributed by atoms with E-state index in [1.54, 1.807) is 0 Å². The number of hydrogen-bond acceptors (Lipinski definition) is 3. The number of rotatable bonds is 2. The second-order valence-corrected chi connectivity index (χ2v) is 8.72. The highest BCUT2D eigenvalue weighted by Crippen LogP contribution is 2.31. The Labute approximate surface area is 156 Å². The molecule has 26 heavy (non-hydrogen) atoms. The Morgan fingerprint density at radius 2 is 1.15 bits per heavy atom. The van der Waals surface area contributed by atoms with E-state index in [0.29, 0.717) is 0 Å². The van der Waals surface area contributed by atoms with Crippen LogP contribution in [0.15, 0.2) is 54.7 Å². The van der Waals surface area contributed by atoms with Gasteiger partial charge in [-0.1, -0.05) is 53.7 Å². The average molecular weight is 345 g/mol. The first-order valence-corrected chi connectivity index (χ1v) is 9.07. The van der Waals surface area contributed by atoms with Crippen molar-refractivity contribution >= 4 is 0 Å². The highest BCUT2D eigenvalue weighted by molar-refractivity contribution is 5.77. The van der Waals surface area contributed by atoms with Gasteiger partial charge in [0.15, 0.2) is 0 Å². The minimum atomic E-state index is -0.00461. The molecule has 3 nitrogen and oxygen atoms in total. The lowest BCUT2D eigenvalue weighted by Crippen LogP contribution is -2.14. The van der Waals surface area contributed by atoms with E-state index in [9.17, 15) is 0 Å². The highest BCUT2D eigenvalue weighted by Gasteiger charge is 2.19. The van der Waals surface area contributed by atoms with Crippen LogP contribution in [0.3, 0.4) is 0 Å². The molecule has 3 aromatic rings. The van der Waals surface area contributed by atoms with Gasteiger partial charge in [0.1, 0.15) is 0 Å². The van der Waals surface area contributed by atoms with Gasteiger partial charge in [0, 0.05) is 34.0 Å². The summed E-state index contributed by atoms with van der Waals surface area (Å²) in [5.41, 5.74) is 5.83. The topological polar surface area (TPSA) is 38.7 Å². The predicted octanol–water partition coefficient (Wildman–Crippen LogP) is 5.80. The van der Waals surface area contributed by atoms with E-state index in [4.69, 9.17) is 9.97 Å². The zero-order valence-corrected chi connectivity index (χ0v) is 16.5. The summed E-state index contributed by atoms with van der Waals surface area (Å²) >= 11 is 0. The molecule has 0 aromatic carbocycles. The Morgan fingerprint density at radius 1 is 0.615 bits per heavy atom. The van der Waals surface area contributed by atoms with Crippen LogP contribution in [-0.4, -0.2) is 15.0 Å². The van der Waals surface area contributed by atoms with Crippen molar-refractivity contribution in [2.24, 2.45) is 0 Å². The Balaban J connectivity index is 2.14. The summed E-state index contributed by atoms with van der Waals surface area (Å²) < 4.78 is 0. The molecule has 3 heterocycles. The zero-order valence-electron chi connectivity index (χ0n) is 16.5. The largest absolute Gasteiger partial charge is 0.254 e. The Hall–Kier alpha value is -2.55. The fourth-order valence-electron chi connectivity index (χ4n) is 2.80. The monoisotopic (exact) mass is 345 g/mol. The first-order chi connectivity index (χ1) is 12.2. The lowest BCUT2D eigenvalue weighted by Gasteiger charge is -2.20. The van der Waals surface area contributed by atoms with Crippen molar-refractivity contribution in [3.63, 3.8) is 0 Å². The Morgan fingerprint density at radius 3 is 1.73 bits per heavy atom. The third-order valence-corrected chi connectivity index (χ3v) is 4.36. The van der Waals surface area contributed by atoms with Crippen LogP contribution >= 0.6 is 0 Å². The summed E-state index contributed by atoms with van der Waals surface area (Å²) in [6.45, 7) is 13.1. The molecule has 0 atom stereocenters. The molecule has 3 heteroatoms. The number of aromatic nitrogens is 3. The normalized spacial score (nSPS) is 12.2. The molecule has 0 unspecified atom stereocenters. The quantitative estimate of drug-likeness (QED) is 0.589. The lowest BCUT2D eigenvalue weighted by molar-refractivity contribution is 0.569. The number of nitrogens with zero attached hydrogens (tertiary/aromatic N) is 3. The molecular weight excluding hydrogens is 318 g/mol. The van der Waals surface area contributed by atoms with E-state index in [1.165, 1.54) is 0 Å². The van der Waals surface area contributed by atoms with Crippen LogP contribution in [0.4, 0.5) is 0 Å². The SMILES string of the molecule is CC(C)(C)c1cccc(-c2cccnc2-c2cccc(C(C)(C)C)n2)n1. The highest BCUT2D eigenvalue weighted by atomic mass is 14.8.